The lowest BCUT2D eigenvalue weighted by Gasteiger charge is -2.31. The smallest absolute Gasteiger partial charge is 0.108 e. The van der Waals surface area contributed by atoms with E-state index in [0.29, 0.717) is 0 Å². The number of rotatable bonds is 3. The summed E-state index contributed by atoms with van der Waals surface area (Å²) in [6, 6.07) is 30.4. The maximum absolute atomic E-state index is 10.6. The SMILES string of the molecule is OC1CCCN1C(c1ccc2ccccc2c1)c1ccc2ccccc2c1. The maximum Gasteiger partial charge on any atom is 0.108 e. The van der Waals surface area contributed by atoms with E-state index in [1.54, 1.807) is 0 Å². The van der Waals surface area contributed by atoms with Gasteiger partial charge in [-0.15, -0.1) is 0 Å². The number of aliphatic hydroxyl groups is 1. The van der Waals surface area contributed by atoms with Gasteiger partial charge in [-0.1, -0.05) is 72.8 Å². The molecule has 0 aliphatic carbocycles. The minimum Gasteiger partial charge on any atom is -0.378 e. The quantitative estimate of drug-likeness (QED) is 0.526. The Morgan fingerprint density at radius 3 is 1.70 bits per heavy atom. The predicted octanol–water partition coefficient (Wildman–Crippen LogP) is 5.50. The van der Waals surface area contributed by atoms with E-state index in [1.165, 1.54) is 32.7 Å². The van der Waals surface area contributed by atoms with Crippen molar-refractivity contribution < 1.29 is 5.11 Å². The van der Waals surface area contributed by atoms with Crippen LogP contribution in [0.5, 0.6) is 0 Å². The van der Waals surface area contributed by atoms with Gasteiger partial charge in [0, 0.05) is 6.54 Å². The molecule has 1 aliphatic heterocycles. The number of hydrogen-bond donors (Lipinski definition) is 1. The highest BCUT2D eigenvalue weighted by molar-refractivity contribution is 5.84. The molecule has 1 N–H and O–H groups in total. The number of likely N-dealkylation sites (tertiary alicyclic amines) is 1. The molecule has 1 atom stereocenters. The van der Waals surface area contributed by atoms with Crippen LogP contribution in [-0.4, -0.2) is 22.8 Å². The summed E-state index contributed by atoms with van der Waals surface area (Å²) in [5, 5.41) is 15.6. The summed E-state index contributed by atoms with van der Waals surface area (Å²) in [7, 11) is 0. The molecule has 0 amide bonds. The Bertz CT molecular complexity index is 1020. The summed E-state index contributed by atoms with van der Waals surface area (Å²) in [4.78, 5) is 2.24. The molecular formula is C25H23NO. The van der Waals surface area contributed by atoms with Gasteiger partial charge in [0.1, 0.15) is 6.23 Å². The lowest BCUT2D eigenvalue weighted by atomic mass is 9.93. The second-order valence-corrected chi connectivity index (χ2v) is 7.48. The van der Waals surface area contributed by atoms with Gasteiger partial charge in [-0.2, -0.15) is 0 Å². The summed E-state index contributed by atoms with van der Waals surface area (Å²) in [5.74, 6) is 0. The van der Waals surface area contributed by atoms with Crippen molar-refractivity contribution in [1.82, 2.24) is 4.90 Å². The Morgan fingerprint density at radius 1 is 0.704 bits per heavy atom. The molecule has 0 spiro atoms. The van der Waals surface area contributed by atoms with Gasteiger partial charge in [0.05, 0.1) is 6.04 Å². The van der Waals surface area contributed by atoms with Crippen molar-refractivity contribution in [3.05, 3.63) is 96.1 Å². The fraction of sp³-hybridized carbons (Fsp3) is 0.200. The number of aliphatic hydroxyl groups excluding tert-OH is 1. The first-order valence-corrected chi connectivity index (χ1v) is 9.71. The summed E-state index contributed by atoms with van der Waals surface area (Å²) < 4.78 is 0. The van der Waals surface area contributed by atoms with E-state index in [0.717, 1.165) is 19.4 Å². The molecule has 0 saturated carbocycles. The Morgan fingerprint density at radius 2 is 1.22 bits per heavy atom. The zero-order valence-corrected chi connectivity index (χ0v) is 15.3. The van der Waals surface area contributed by atoms with Crippen LogP contribution in [0.1, 0.15) is 30.0 Å². The monoisotopic (exact) mass is 353 g/mol. The lowest BCUT2D eigenvalue weighted by molar-refractivity contribution is 0.0183. The van der Waals surface area contributed by atoms with Gasteiger partial charge in [-0.05, 0) is 57.6 Å². The first-order valence-electron chi connectivity index (χ1n) is 9.71. The van der Waals surface area contributed by atoms with Crippen LogP contribution in [0, 0.1) is 0 Å². The molecule has 134 valence electrons. The fourth-order valence-electron chi connectivity index (χ4n) is 4.40. The molecular weight excluding hydrogens is 330 g/mol. The third kappa shape index (κ3) is 3.01. The number of fused-ring (bicyclic) bond motifs is 2. The molecule has 1 aliphatic rings. The Hall–Kier alpha value is -2.68. The molecule has 1 heterocycles. The van der Waals surface area contributed by atoms with Gasteiger partial charge in [-0.3, -0.25) is 4.90 Å². The van der Waals surface area contributed by atoms with E-state index < -0.39 is 0 Å². The molecule has 2 nitrogen and oxygen atoms in total. The van der Waals surface area contributed by atoms with Crippen LogP contribution in [0.2, 0.25) is 0 Å². The standard InChI is InChI=1S/C25H23NO/c27-24-10-5-15-26(24)25(22-13-11-18-6-1-3-8-20(18)16-22)23-14-12-19-7-2-4-9-21(19)17-23/h1-4,6-9,11-14,16-17,24-25,27H,5,10,15H2. The summed E-state index contributed by atoms with van der Waals surface area (Å²) in [6.45, 7) is 0.922. The molecule has 2 heteroatoms. The normalized spacial score (nSPS) is 17.9. The van der Waals surface area contributed by atoms with Crippen LogP contribution in [0.3, 0.4) is 0 Å². The average Bonchev–Trinajstić information content (AvgIpc) is 3.13. The number of nitrogens with zero attached hydrogens (tertiary/aromatic N) is 1. The van der Waals surface area contributed by atoms with E-state index in [4.69, 9.17) is 0 Å². The van der Waals surface area contributed by atoms with Gasteiger partial charge in [-0.25, -0.2) is 0 Å². The second-order valence-electron chi connectivity index (χ2n) is 7.48. The molecule has 1 unspecified atom stereocenters. The molecule has 4 aromatic rings. The third-order valence-electron chi connectivity index (χ3n) is 5.77. The number of hydrogen-bond acceptors (Lipinski definition) is 2. The molecule has 5 rings (SSSR count). The van der Waals surface area contributed by atoms with E-state index in [9.17, 15) is 5.11 Å². The van der Waals surface area contributed by atoms with Crippen LogP contribution >= 0.6 is 0 Å². The molecule has 0 bridgehead atoms. The summed E-state index contributed by atoms with van der Waals surface area (Å²) in [6.07, 6.45) is 1.50. The van der Waals surface area contributed by atoms with E-state index in [2.05, 4.69) is 89.8 Å². The maximum atomic E-state index is 10.6. The van der Waals surface area contributed by atoms with Crippen molar-refractivity contribution in [2.24, 2.45) is 0 Å². The predicted molar refractivity (Wildman–Crippen MR) is 112 cm³/mol. The van der Waals surface area contributed by atoms with Gasteiger partial charge in [0.15, 0.2) is 0 Å². The van der Waals surface area contributed by atoms with Gasteiger partial charge in [0.2, 0.25) is 0 Å². The van der Waals surface area contributed by atoms with Crippen LogP contribution in [-0.2, 0) is 0 Å². The van der Waals surface area contributed by atoms with E-state index in [-0.39, 0.29) is 12.3 Å². The van der Waals surface area contributed by atoms with Gasteiger partial charge in [0.25, 0.3) is 0 Å². The molecule has 0 aromatic heterocycles. The average molecular weight is 353 g/mol. The Labute approximate surface area is 159 Å². The van der Waals surface area contributed by atoms with Crippen molar-refractivity contribution >= 4 is 21.5 Å². The van der Waals surface area contributed by atoms with Crippen LogP contribution in [0.25, 0.3) is 21.5 Å². The molecule has 4 aromatic carbocycles. The molecule has 0 radical (unpaired) electrons. The number of benzene rings is 4. The first-order chi connectivity index (χ1) is 13.3. The molecule has 27 heavy (non-hydrogen) atoms. The van der Waals surface area contributed by atoms with Crippen molar-refractivity contribution in [2.45, 2.75) is 25.1 Å². The zero-order chi connectivity index (χ0) is 18.2. The van der Waals surface area contributed by atoms with Crippen molar-refractivity contribution in [1.29, 1.82) is 0 Å². The van der Waals surface area contributed by atoms with Crippen LogP contribution in [0.4, 0.5) is 0 Å². The van der Waals surface area contributed by atoms with Crippen LogP contribution in [0.15, 0.2) is 84.9 Å². The largest absolute Gasteiger partial charge is 0.378 e. The van der Waals surface area contributed by atoms with E-state index >= 15 is 0 Å². The highest BCUT2D eigenvalue weighted by Crippen LogP contribution is 2.36. The topological polar surface area (TPSA) is 23.5 Å². The summed E-state index contributed by atoms with van der Waals surface area (Å²) >= 11 is 0. The van der Waals surface area contributed by atoms with Crippen molar-refractivity contribution in [2.75, 3.05) is 6.54 Å². The van der Waals surface area contributed by atoms with E-state index in [1.807, 2.05) is 0 Å². The fourth-order valence-corrected chi connectivity index (χ4v) is 4.40. The van der Waals surface area contributed by atoms with Crippen LogP contribution < -0.4 is 0 Å². The summed E-state index contributed by atoms with van der Waals surface area (Å²) in [5.41, 5.74) is 2.48. The van der Waals surface area contributed by atoms with Gasteiger partial charge >= 0.3 is 0 Å². The van der Waals surface area contributed by atoms with Gasteiger partial charge < -0.3 is 5.11 Å². The molecule has 1 saturated heterocycles. The zero-order valence-electron chi connectivity index (χ0n) is 15.3. The molecule has 1 fully saturated rings. The van der Waals surface area contributed by atoms with Crippen molar-refractivity contribution in [3.8, 4) is 0 Å². The lowest BCUT2D eigenvalue weighted by Crippen LogP contribution is -2.34. The minimum atomic E-state index is -0.382. The highest BCUT2D eigenvalue weighted by Gasteiger charge is 2.31. The highest BCUT2D eigenvalue weighted by atomic mass is 16.3. The minimum absolute atomic E-state index is 0.0664. The Kier molecular flexibility index (Phi) is 4.16. The Balaban J connectivity index is 1.67. The van der Waals surface area contributed by atoms with Crippen molar-refractivity contribution in [3.63, 3.8) is 0 Å². The second kappa shape index (κ2) is 6.80. The first kappa shape index (κ1) is 16.5. The third-order valence-corrected chi connectivity index (χ3v) is 5.77.